The number of aromatic amines is 3. The maximum absolute atomic E-state index is 12.2. The molecule has 3 aliphatic rings. The van der Waals surface area contributed by atoms with Gasteiger partial charge in [-0.2, -0.15) is 0 Å². The van der Waals surface area contributed by atoms with Gasteiger partial charge < -0.3 is 34.6 Å². The molecule has 5 N–H and O–H groups in total. The molecule has 10 rings (SSSR count). The third-order valence-electron chi connectivity index (χ3n) is 11.9. The highest BCUT2D eigenvalue weighted by molar-refractivity contribution is 8.14. The molecular weight excluding hydrogens is 1150 g/mol. The molecule has 0 bridgehead atoms. The number of phenolic OH excluding ortho intramolecular Hbond substituents is 2. The number of Topliss-reactive ketones (excluding diaryl/α,β-unsaturated/α-hetero) is 5. The highest BCUT2D eigenvalue weighted by Crippen LogP contribution is 2.32. The Labute approximate surface area is 498 Å². The number of aryl methyl sites for hydroxylation is 3. The highest BCUT2D eigenvalue weighted by Gasteiger charge is 2.21. The van der Waals surface area contributed by atoms with E-state index in [0.717, 1.165) is 28.0 Å². The molecule has 7 aromatic rings. The van der Waals surface area contributed by atoms with Crippen molar-refractivity contribution in [2.24, 2.45) is 4.99 Å². The number of aromatic nitrogens is 6. The number of phenols is 2. The van der Waals surface area contributed by atoms with Gasteiger partial charge >= 0.3 is 0 Å². The first-order chi connectivity index (χ1) is 40.1. The third kappa shape index (κ3) is 19.9. The monoisotopic (exact) mass is 1210 g/mol. The molecule has 0 spiro atoms. The van der Waals surface area contributed by atoms with Gasteiger partial charge in [0.05, 0.1) is 28.7 Å². The van der Waals surface area contributed by atoms with E-state index in [2.05, 4.69) is 34.9 Å². The number of thioether (sulfide) groups is 4. The summed E-state index contributed by atoms with van der Waals surface area (Å²) in [6.45, 7) is 9.59. The zero-order valence-corrected chi connectivity index (χ0v) is 49.5. The number of carbonyl (C=O) groups excluding carboxylic acids is 6. The first kappa shape index (κ1) is 63.1. The zero-order chi connectivity index (χ0) is 60.5. The summed E-state index contributed by atoms with van der Waals surface area (Å²) in [5, 5.41) is 20.7. The minimum atomic E-state index is -0.329. The summed E-state index contributed by atoms with van der Waals surface area (Å²) < 4.78 is 10.9. The fourth-order valence-electron chi connectivity index (χ4n) is 8.04. The normalized spacial score (nSPS) is 12.9. The van der Waals surface area contributed by atoms with Crippen LogP contribution in [0.5, 0.6) is 23.0 Å². The van der Waals surface area contributed by atoms with Crippen LogP contribution in [0.2, 0.25) is 0 Å². The molecule has 2 aliphatic heterocycles. The molecule has 0 saturated carbocycles. The van der Waals surface area contributed by atoms with E-state index >= 15 is 0 Å². The lowest BCUT2D eigenvalue weighted by molar-refractivity contribution is -0.117. The van der Waals surface area contributed by atoms with Gasteiger partial charge in [-0.1, -0.05) is 71.7 Å². The van der Waals surface area contributed by atoms with Crippen LogP contribution in [0.15, 0.2) is 144 Å². The Balaban J connectivity index is 0.000000161. The van der Waals surface area contributed by atoms with Crippen molar-refractivity contribution in [1.29, 1.82) is 0 Å². The van der Waals surface area contributed by atoms with Crippen LogP contribution < -0.4 is 26.2 Å². The molecule has 0 atom stereocenters. The van der Waals surface area contributed by atoms with Crippen molar-refractivity contribution >= 4 is 86.8 Å². The maximum Gasteiger partial charge on any atom is 0.251 e. The van der Waals surface area contributed by atoms with Crippen molar-refractivity contribution < 1.29 is 48.5 Å². The van der Waals surface area contributed by atoms with Crippen molar-refractivity contribution in [3.05, 3.63) is 196 Å². The fourth-order valence-corrected chi connectivity index (χ4v) is 11.5. The number of aromatic hydroxyl groups is 2. The Hall–Kier alpha value is -8.45. The van der Waals surface area contributed by atoms with Crippen molar-refractivity contribution in [3.8, 4) is 23.0 Å². The average molecular weight is 1210 g/mol. The van der Waals surface area contributed by atoms with Crippen LogP contribution in [0.4, 0.5) is 0 Å². The van der Waals surface area contributed by atoms with E-state index in [9.17, 15) is 53.4 Å². The Morgan fingerprint density at radius 1 is 0.524 bits per heavy atom. The van der Waals surface area contributed by atoms with Gasteiger partial charge in [-0.15, -0.1) is 11.8 Å². The fraction of sp³-hybridized carbons (Fsp3) is 0.250. The first-order valence-corrected chi connectivity index (χ1v) is 29.8. The number of ketones is 6. The third-order valence-corrected chi connectivity index (χ3v) is 15.6. The molecule has 1 aliphatic carbocycles. The molecule has 0 amide bonds. The highest BCUT2D eigenvalue weighted by atomic mass is 32.2. The summed E-state index contributed by atoms with van der Waals surface area (Å²) in [4.78, 5) is 129. The average Bonchev–Trinajstić information content (AvgIpc) is 3.90. The lowest BCUT2D eigenvalue weighted by Crippen LogP contribution is -2.16. The smallest absolute Gasteiger partial charge is 0.251 e. The molecular formula is C60H57N7O13S4. The molecule has 20 nitrogen and oxygen atoms in total. The molecule has 434 valence electrons. The topological polar surface area (TPSA) is 311 Å². The Morgan fingerprint density at radius 2 is 1.01 bits per heavy atom. The number of nitrogens with one attached hydrogen (secondary N) is 3. The number of ether oxygens (including phenoxy) is 2. The number of hydrogen-bond acceptors (Lipinski definition) is 21. The summed E-state index contributed by atoms with van der Waals surface area (Å²) >= 11 is 5.10. The standard InChI is InChI=1S/C16H14N2O3S.C15H14N2O4S.C15H16N2O2S.C14H13NO4S/c1-9-4-15(21)18-16(17-9)22-8-14(20)11-3-2-10-6-13(19)7-12(10)5-11;1-9-6-14(19)17-15(16-9)22-8-11(18)10-2-3-12-13(7-10)21-5-4-20-12;1-10-7-14(19)17-15(16-10)20-9-13-5-3-12(4-6-13)8-11(2)18;1-8-4-10(16)6-14(15-8)20-7-13(19)9-2-3-11(17)12(18)5-9/h2-5H,6-8H2,1H3,(H,17,18,21);2-3,6-7H,4-5,8H2,1H3,(H,16,17,19);3-7H,8-9H2,1-2H3,(H,16,17,19);2-5,17-18H,6-7H2,1H3. The van der Waals surface area contributed by atoms with Crippen molar-refractivity contribution in [3.63, 3.8) is 0 Å². The number of fused-ring (bicyclic) bond motifs is 2. The van der Waals surface area contributed by atoms with Gasteiger partial charge in [0, 0.05) is 88.8 Å². The minimum Gasteiger partial charge on any atom is -0.504 e. The first-order valence-electron chi connectivity index (χ1n) is 25.9. The molecule has 5 heterocycles. The van der Waals surface area contributed by atoms with Crippen molar-refractivity contribution in [2.75, 3.05) is 30.5 Å². The summed E-state index contributed by atoms with van der Waals surface area (Å²) in [7, 11) is 0. The predicted octanol–water partition coefficient (Wildman–Crippen LogP) is 8.34. The largest absolute Gasteiger partial charge is 0.504 e. The Bertz CT molecular complexity index is 3890. The molecule has 84 heavy (non-hydrogen) atoms. The molecule has 3 aromatic heterocycles. The Kier molecular flexibility index (Phi) is 22.7. The maximum atomic E-state index is 12.2. The second-order valence-corrected chi connectivity index (χ2v) is 23.0. The molecule has 0 radical (unpaired) electrons. The predicted molar refractivity (Wildman–Crippen MR) is 323 cm³/mol. The lowest BCUT2D eigenvalue weighted by Gasteiger charge is -2.18. The van der Waals surface area contributed by atoms with E-state index < -0.39 is 0 Å². The van der Waals surface area contributed by atoms with Crippen LogP contribution in [0.1, 0.15) is 90.7 Å². The van der Waals surface area contributed by atoms with Gasteiger partial charge in [0.2, 0.25) is 0 Å². The van der Waals surface area contributed by atoms with Crippen LogP contribution in [0.3, 0.4) is 0 Å². The van der Waals surface area contributed by atoms with Crippen LogP contribution >= 0.6 is 47.0 Å². The molecule has 24 heteroatoms. The molecule has 0 saturated heterocycles. The van der Waals surface area contributed by atoms with E-state index in [1.54, 1.807) is 65.0 Å². The Morgan fingerprint density at radius 3 is 1.56 bits per heavy atom. The van der Waals surface area contributed by atoms with E-state index in [4.69, 9.17) is 9.47 Å². The van der Waals surface area contributed by atoms with Gasteiger partial charge in [-0.3, -0.25) is 48.1 Å². The van der Waals surface area contributed by atoms with Crippen molar-refractivity contribution in [2.45, 2.75) is 81.5 Å². The van der Waals surface area contributed by atoms with E-state index in [1.807, 2.05) is 30.3 Å². The number of allylic oxidation sites excluding steroid dienone is 2. The minimum absolute atomic E-state index is 0.0188. The number of H-pyrrole nitrogens is 3. The van der Waals surface area contributed by atoms with Gasteiger partial charge in [0.1, 0.15) is 24.8 Å². The lowest BCUT2D eigenvalue weighted by atomic mass is 10.0. The van der Waals surface area contributed by atoms with Crippen LogP contribution in [-0.4, -0.2) is 110 Å². The zero-order valence-electron chi connectivity index (χ0n) is 46.2. The van der Waals surface area contributed by atoms with Crippen LogP contribution in [-0.2, 0) is 39.4 Å². The number of nitrogens with zero attached hydrogens (tertiary/aromatic N) is 4. The quantitative estimate of drug-likeness (QED) is 0.0263. The van der Waals surface area contributed by atoms with Crippen LogP contribution in [0.25, 0.3) is 0 Å². The second kappa shape index (κ2) is 30.2. The van der Waals surface area contributed by atoms with Crippen molar-refractivity contribution in [1.82, 2.24) is 29.9 Å². The van der Waals surface area contributed by atoms with E-state index in [-0.39, 0.29) is 86.6 Å². The van der Waals surface area contributed by atoms with Gasteiger partial charge in [0.15, 0.2) is 61.6 Å². The van der Waals surface area contributed by atoms with Gasteiger partial charge in [0.25, 0.3) is 16.7 Å². The molecule has 0 unspecified atom stereocenters. The summed E-state index contributed by atoms with van der Waals surface area (Å²) in [6, 6.07) is 26.7. The van der Waals surface area contributed by atoms with E-state index in [1.165, 1.54) is 89.5 Å². The molecule has 0 fully saturated rings. The number of aliphatic imine (C=N–C) groups is 1. The van der Waals surface area contributed by atoms with Crippen LogP contribution in [0, 0.1) is 20.8 Å². The summed E-state index contributed by atoms with van der Waals surface area (Å²) in [5.41, 5.74) is 7.59. The summed E-state index contributed by atoms with van der Waals surface area (Å²) in [6.07, 6.45) is 3.05. The number of carbonyl (C=O) groups is 6. The van der Waals surface area contributed by atoms with E-state index in [0.29, 0.717) is 104 Å². The van der Waals surface area contributed by atoms with Gasteiger partial charge in [-0.25, -0.2) is 15.0 Å². The second-order valence-electron chi connectivity index (χ2n) is 19.1. The number of rotatable bonds is 16. The van der Waals surface area contributed by atoms with Gasteiger partial charge in [-0.05, 0) is 99.3 Å². The molecule has 4 aromatic carbocycles. The number of benzene rings is 4. The summed E-state index contributed by atoms with van der Waals surface area (Å²) in [5.74, 6) is 1.90. The SMILES string of the molecule is CC(=O)Cc1ccc(CSc2nc(C)cc(=O)[nH]2)cc1.CC1=CC(=O)CC(SCC(=O)c2ccc(O)c(O)c2)=N1.Cc1cc(=O)[nH]c(SCC(=O)c2ccc3c(c2)CC(=O)C3)n1.Cc1cc(=O)[nH]c(SCC(=O)c2ccc3c(c2)OCCO3)n1. The number of hydrogen-bond donors (Lipinski definition) is 5.